The van der Waals surface area contributed by atoms with Crippen LogP contribution in [0.2, 0.25) is 0 Å². The van der Waals surface area contributed by atoms with Crippen molar-refractivity contribution in [1.29, 1.82) is 0 Å². The minimum Gasteiger partial charge on any atom is -0.338 e. The lowest BCUT2D eigenvalue weighted by Crippen LogP contribution is -2.11. The average Bonchev–Trinajstić information content (AvgIpc) is 2.94. The van der Waals surface area contributed by atoms with Crippen molar-refractivity contribution in [3.8, 4) is 11.4 Å². The van der Waals surface area contributed by atoms with E-state index < -0.39 is 0 Å². The third kappa shape index (κ3) is 2.08. The predicted molar refractivity (Wildman–Crippen MR) is 84.5 cm³/mol. The lowest BCUT2D eigenvalue weighted by atomic mass is 9.90. The molecule has 0 N–H and O–H groups in total. The van der Waals surface area contributed by atoms with Crippen LogP contribution in [0.3, 0.4) is 0 Å². The molecule has 0 saturated carbocycles. The van der Waals surface area contributed by atoms with Gasteiger partial charge in [0.25, 0.3) is 0 Å². The molecule has 1 aliphatic carbocycles. The van der Waals surface area contributed by atoms with Crippen molar-refractivity contribution < 1.29 is 9.63 Å². The number of carbonyl (C=O) groups is 1. The predicted octanol–water partition coefficient (Wildman–Crippen LogP) is 3.17. The lowest BCUT2D eigenvalue weighted by Gasteiger charge is -2.16. The number of aromatic nitrogens is 2. The van der Waals surface area contributed by atoms with Gasteiger partial charge in [-0.1, -0.05) is 24.3 Å². The number of nitrogens with zero attached hydrogens (tertiary/aromatic N) is 2. The van der Waals surface area contributed by atoms with Gasteiger partial charge in [0, 0.05) is 5.56 Å². The summed E-state index contributed by atoms with van der Waals surface area (Å²) in [5.74, 6) is 0.668. The second-order valence-electron chi connectivity index (χ2n) is 5.61. The van der Waals surface area contributed by atoms with Gasteiger partial charge in [0.2, 0.25) is 0 Å². The molecule has 0 radical (unpaired) electrons. The van der Waals surface area contributed by atoms with Crippen LogP contribution >= 0.6 is 0 Å². The van der Waals surface area contributed by atoms with Gasteiger partial charge >= 0.3 is 6.47 Å². The first-order valence-corrected chi connectivity index (χ1v) is 7.57. The number of benzene rings is 2. The minimum atomic E-state index is 0.441. The molecule has 2 aromatic carbocycles. The fraction of sp³-hybridized carbons (Fsp3) is 0.222. The maximum Gasteiger partial charge on any atom is 0.321 e. The summed E-state index contributed by atoms with van der Waals surface area (Å²) >= 11 is 0. The molecule has 0 spiro atoms. The van der Waals surface area contributed by atoms with Crippen LogP contribution in [0.5, 0.6) is 0 Å². The van der Waals surface area contributed by atoms with E-state index in [9.17, 15) is 4.79 Å². The van der Waals surface area contributed by atoms with Gasteiger partial charge in [-0.25, -0.2) is 4.98 Å². The van der Waals surface area contributed by atoms with Crippen molar-refractivity contribution >= 4 is 17.5 Å². The summed E-state index contributed by atoms with van der Waals surface area (Å²) in [7, 11) is 0. The standard InChI is InChI=1S/C18H16N2O2/c21-12-22-20-17-8-4-3-7-16(17)19-18(20)15-10-9-13-5-1-2-6-14(13)11-15/h3-4,7-12H,1-2,5-6H2. The Morgan fingerprint density at radius 2 is 1.86 bits per heavy atom. The molecule has 3 aromatic rings. The van der Waals surface area contributed by atoms with E-state index in [0.717, 1.165) is 29.4 Å². The zero-order valence-electron chi connectivity index (χ0n) is 12.2. The fourth-order valence-corrected chi connectivity index (χ4v) is 3.21. The number of rotatable bonds is 3. The SMILES string of the molecule is O=COn1c(-c2ccc3c(c2)CCCC3)nc2ccccc21. The highest BCUT2D eigenvalue weighted by atomic mass is 16.7. The van der Waals surface area contributed by atoms with Crippen LogP contribution in [0.25, 0.3) is 22.4 Å². The van der Waals surface area contributed by atoms with Crippen LogP contribution in [0.15, 0.2) is 42.5 Å². The minimum absolute atomic E-state index is 0.441. The van der Waals surface area contributed by atoms with E-state index in [-0.39, 0.29) is 0 Å². The lowest BCUT2D eigenvalue weighted by molar-refractivity contribution is -0.128. The first-order chi connectivity index (χ1) is 10.9. The third-order valence-electron chi connectivity index (χ3n) is 4.27. The molecular formula is C18H16N2O2. The fourth-order valence-electron chi connectivity index (χ4n) is 3.21. The highest BCUT2D eigenvalue weighted by Gasteiger charge is 2.16. The Morgan fingerprint density at radius 1 is 1.05 bits per heavy atom. The third-order valence-corrected chi connectivity index (χ3v) is 4.27. The van der Waals surface area contributed by atoms with Crippen LogP contribution < -0.4 is 4.84 Å². The van der Waals surface area contributed by atoms with Gasteiger partial charge in [-0.15, -0.1) is 0 Å². The molecule has 0 aliphatic heterocycles. The van der Waals surface area contributed by atoms with Crippen molar-refractivity contribution in [2.45, 2.75) is 25.7 Å². The molecule has 1 aromatic heterocycles. The molecule has 0 unspecified atom stereocenters. The molecule has 0 bridgehead atoms. The van der Waals surface area contributed by atoms with Gasteiger partial charge in [0.15, 0.2) is 5.82 Å². The first kappa shape index (κ1) is 13.1. The van der Waals surface area contributed by atoms with Crippen LogP contribution in [-0.4, -0.2) is 16.2 Å². The number of hydrogen-bond donors (Lipinski definition) is 0. The van der Waals surface area contributed by atoms with Gasteiger partial charge < -0.3 is 4.84 Å². The van der Waals surface area contributed by atoms with Gasteiger partial charge in [-0.3, -0.25) is 4.79 Å². The van der Waals surface area contributed by atoms with E-state index in [0.29, 0.717) is 12.3 Å². The number of carbonyl (C=O) groups excluding carboxylic acids is 1. The smallest absolute Gasteiger partial charge is 0.321 e. The molecule has 110 valence electrons. The van der Waals surface area contributed by atoms with Crippen molar-refractivity contribution in [3.63, 3.8) is 0 Å². The van der Waals surface area contributed by atoms with E-state index in [4.69, 9.17) is 4.84 Å². The largest absolute Gasteiger partial charge is 0.338 e. The second-order valence-corrected chi connectivity index (χ2v) is 5.61. The Bertz CT molecular complexity index is 851. The summed E-state index contributed by atoms with van der Waals surface area (Å²) in [6.07, 6.45) is 4.76. The highest BCUT2D eigenvalue weighted by molar-refractivity contribution is 5.80. The van der Waals surface area contributed by atoms with Gasteiger partial charge in [-0.2, -0.15) is 4.73 Å². The van der Waals surface area contributed by atoms with Crippen molar-refractivity contribution in [2.75, 3.05) is 0 Å². The van der Waals surface area contributed by atoms with Gasteiger partial charge in [-0.05, 0) is 55.0 Å². The summed E-state index contributed by atoms with van der Waals surface area (Å²) in [4.78, 5) is 20.7. The van der Waals surface area contributed by atoms with Crippen LogP contribution in [-0.2, 0) is 17.6 Å². The maximum absolute atomic E-state index is 10.9. The number of aryl methyl sites for hydroxylation is 2. The van der Waals surface area contributed by atoms with Crippen LogP contribution in [0.4, 0.5) is 0 Å². The maximum atomic E-state index is 10.9. The molecular weight excluding hydrogens is 276 g/mol. The van der Waals surface area contributed by atoms with Crippen molar-refractivity contribution in [2.24, 2.45) is 0 Å². The second kappa shape index (κ2) is 5.30. The molecule has 0 atom stereocenters. The van der Waals surface area contributed by atoms with Gasteiger partial charge in [0.05, 0.1) is 5.52 Å². The number of fused-ring (bicyclic) bond motifs is 2. The van der Waals surface area contributed by atoms with E-state index in [2.05, 4.69) is 23.2 Å². The molecule has 1 aliphatic rings. The number of hydrogen-bond acceptors (Lipinski definition) is 3. The van der Waals surface area contributed by atoms with E-state index in [1.165, 1.54) is 28.7 Å². The van der Waals surface area contributed by atoms with Crippen molar-refractivity contribution in [3.05, 3.63) is 53.6 Å². The zero-order chi connectivity index (χ0) is 14.9. The number of para-hydroxylation sites is 2. The molecule has 22 heavy (non-hydrogen) atoms. The van der Waals surface area contributed by atoms with E-state index in [1.807, 2.05) is 24.3 Å². The zero-order valence-corrected chi connectivity index (χ0v) is 12.2. The normalized spacial score (nSPS) is 13.8. The van der Waals surface area contributed by atoms with Crippen LogP contribution in [0, 0.1) is 0 Å². The average molecular weight is 292 g/mol. The Labute approximate surface area is 128 Å². The monoisotopic (exact) mass is 292 g/mol. The molecule has 0 amide bonds. The van der Waals surface area contributed by atoms with Gasteiger partial charge in [0.1, 0.15) is 5.52 Å². The Hall–Kier alpha value is -2.62. The van der Waals surface area contributed by atoms with E-state index in [1.54, 1.807) is 0 Å². The van der Waals surface area contributed by atoms with Crippen LogP contribution in [0.1, 0.15) is 24.0 Å². The summed E-state index contributed by atoms with van der Waals surface area (Å²) in [5, 5.41) is 0. The number of imidazole rings is 1. The summed E-state index contributed by atoms with van der Waals surface area (Å²) in [6.45, 7) is 0.441. The topological polar surface area (TPSA) is 44.1 Å². The Balaban J connectivity index is 1.89. The molecule has 4 heteroatoms. The van der Waals surface area contributed by atoms with Crippen molar-refractivity contribution in [1.82, 2.24) is 9.71 Å². The highest BCUT2D eigenvalue weighted by Crippen LogP contribution is 2.28. The molecule has 1 heterocycles. The molecule has 0 fully saturated rings. The van der Waals surface area contributed by atoms with E-state index >= 15 is 0 Å². The molecule has 4 nitrogen and oxygen atoms in total. The first-order valence-electron chi connectivity index (χ1n) is 7.57. The Kier molecular flexibility index (Phi) is 3.15. The molecule has 4 rings (SSSR count). The summed E-state index contributed by atoms with van der Waals surface area (Å²) < 4.78 is 1.51. The summed E-state index contributed by atoms with van der Waals surface area (Å²) in [5.41, 5.74) is 5.40. The Morgan fingerprint density at radius 3 is 2.73 bits per heavy atom. The summed E-state index contributed by atoms with van der Waals surface area (Å²) in [6, 6.07) is 14.1. The molecule has 0 saturated heterocycles. The quantitative estimate of drug-likeness (QED) is 0.696.